The molecule has 8 nitrogen and oxygen atoms in total. The number of nitrogens with zero attached hydrogens (tertiary/aromatic N) is 3. The number of esters is 1. The first-order valence-corrected chi connectivity index (χ1v) is 11.3. The smallest absolute Gasteiger partial charge is 0.341 e. The third-order valence-corrected chi connectivity index (χ3v) is 6.65. The molecule has 3 aromatic rings. The van der Waals surface area contributed by atoms with Crippen LogP contribution in [0.3, 0.4) is 0 Å². The van der Waals surface area contributed by atoms with E-state index >= 15 is 0 Å². The molecule has 0 spiro atoms. The first kappa shape index (κ1) is 22.1. The fourth-order valence-corrected chi connectivity index (χ4v) is 4.96. The number of amides is 1. The molecular weight excluding hydrogens is 424 g/mol. The third kappa shape index (κ3) is 4.44. The molecule has 0 bridgehead atoms. The Balaban J connectivity index is 1.71. The molecule has 0 aliphatic heterocycles. The van der Waals surface area contributed by atoms with Crippen LogP contribution in [0.1, 0.15) is 40.4 Å². The Hall–Kier alpha value is -2.59. The Kier molecular flexibility index (Phi) is 6.99. The lowest BCUT2D eigenvalue weighted by atomic mass is 10.1. The number of hydrogen-bond donors (Lipinski definition) is 1. The van der Waals surface area contributed by atoms with Crippen molar-refractivity contribution in [3.63, 3.8) is 0 Å². The lowest BCUT2D eigenvalue weighted by Gasteiger charge is -2.08. The van der Waals surface area contributed by atoms with E-state index in [1.54, 1.807) is 13.2 Å². The van der Waals surface area contributed by atoms with Crippen LogP contribution in [-0.2, 0) is 23.0 Å². The van der Waals surface area contributed by atoms with Gasteiger partial charge in [0.2, 0.25) is 5.91 Å². The average Bonchev–Trinajstić information content (AvgIpc) is 3.37. The highest BCUT2D eigenvalue weighted by Crippen LogP contribution is 2.34. The summed E-state index contributed by atoms with van der Waals surface area (Å²) in [5, 5.41) is 12.4. The first-order chi connectivity index (χ1) is 14.4. The second-order valence-electron chi connectivity index (χ2n) is 6.51. The molecule has 0 aliphatic carbocycles. The molecule has 0 saturated carbocycles. The zero-order valence-electron chi connectivity index (χ0n) is 17.6. The summed E-state index contributed by atoms with van der Waals surface area (Å²) in [5.74, 6) is 0.937. The second kappa shape index (κ2) is 9.48. The van der Waals surface area contributed by atoms with Gasteiger partial charge in [-0.25, -0.2) is 4.79 Å². The number of carbonyl (C=O) groups is 2. The molecule has 0 fully saturated rings. The Morgan fingerprint density at radius 2 is 2.07 bits per heavy atom. The minimum absolute atomic E-state index is 0.136. The molecule has 0 aliphatic rings. The quantitative estimate of drug-likeness (QED) is 0.407. The number of furan rings is 1. The van der Waals surface area contributed by atoms with Crippen LogP contribution in [-0.4, -0.2) is 39.0 Å². The van der Waals surface area contributed by atoms with Crippen molar-refractivity contribution < 1.29 is 18.7 Å². The van der Waals surface area contributed by atoms with Crippen LogP contribution < -0.4 is 5.32 Å². The van der Waals surface area contributed by atoms with E-state index in [0.29, 0.717) is 28.0 Å². The number of thiophene rings is 1. The molecule has 0 saturated heterocycles. The number of rotatable bonds is 8. The highest BCUT2D eigenvalue weighted by Gasteiger charge is 2.24. The number of thioether (sulfide) groups is 1. The van der Waals surface area contributed by atoms with E-state index in [9.17, 15) is 9.59 Å². The standard InChI is InChI=1S/C20H24N4O4S2/c1-6-13-12(4)30-18(16(13)19(26)27-7-2)21-15(25)10-29-20-23-22-17(24(20)5)14-8-9-28-11(14)3/h8-9H,6-7,10H2,1-5H3,(H,21,25). The van der Waals surface area contributed by atoms with Gasteiger partial charge in [-0.1, -0.05) is 18.7 Å². The number of carbonyl (C=O) groups excluding carboxylic acids is 2. The van der Waals surface area contributed by atoms with Crippen molar-refractivity contribution in [3.8, 4) is 11.4 Å². The molecule has 3 rings (SSSR count). The van der Waals surface area contributed by atoms with Crippen LogP contribution in [0.2, 0.25) is 0 Å². The predicted octanol–water partition coefficient (Wildman–Crippen LogP) is 4.22. The first-order valence-electron chi connectivity index (χ1n) is 9.53. The largest absolute Gasteiger partial charge is 0.469 e. The van der Waals surface area contributed by atoms with Gasteiger partial charge in [-0.05, 0) is 38.8 Å². The molecule has 0 aromatic carbocycles. The van der Waals surface area contributed by atoms with Crippen LogP contribution >= 0.6 is 23.1 Å². The van der Waals surface area contributed by atoms with E-state index < -0.39 is 5.97 Å². The van der Waals surface area contributed by atoms with Crippen molar-refractivity contribution in [3.05, 3.63) is 34.1 Å². The molecule has 10 heteroatoms. The second-order valence-corrected chi connectivity index (χ2v) is 8.67. The minimum atomic E-state index is -0.407. The van der Waals surface area contributed by atoms with Crippen molar-refractivity contribution in [2.45, 2.75) is 39.3 Å². The monoisotopic (exact) mass is 448 g/mol. The van der Waals surface area contributed by atoms with E-state index in [0.717, 1.165) is 21.8 Å². The summed E-state index contributed by atoms with van der Waals surface area (Å²) < 4.78 is 12.3. The number of anilines is 1. The maximum Gasteiger partial charge on any atom is 0.341 e. The Labute approximate surface area is 183 Å². The van der Waals surface area contributed by atoms with Crippen LogP contribution in [0.4, 0.5) is 5.00 Å². The SMILES string of the molecule is CCOC(=O)c1c(NC(=O)CSc2nnc(-c3ccoc3C)n2C)sc(C)c1CC. The van der Waals surface area contributed by atoms with Gasteiger partial charge in [0.25, 0.3) is 0 Å². The van der Waals surface area contributed by atoms with Gasteiger partial charge in [-0.2, -0.15) is 0 Å². The zero-order chi connectivity index (χ0) is 21.8. The Morgan fingerprint density at radius 3 is 2.70 bits per heavy atom. The van der Waals surface area contributed by atoms with E-state index in [1.165, 1.54) is 23.1 Å². The molecule has 3 heterocycles. The summed E-state index contributed by atoms with van der Waals surface area (Å²) in [6.45, 7) is 7.82. The van der Waals surface area contributed by atoms with Crippen LogP contribution in [0, 0.1) is 13.8 Å². The van der Waals surface area contributed by atoms with Crippen molar-refractivity contribution in [2.24, 2.45) is 7.05 Å². The molecule has 1 amide bonds. The molecular formula is C20H24N4O4S2. The van der Waals surface area contributed by atoms with E-state index in [4.69, 9.17) is 9.15 Å². The molecule has 0 unspecified atom stereocenters. The maximum absolute atomic E-state index is 12.6. The number of aryl methyl sites for hydroxylation is 2. The lowest BCUT2D eigenvalue weighted by molar-refractivity contribution is -0.113. The Morgan fingerprint density at radius 1 is 1.30 bits per heavy atom. The molecule has 0 radical (unpaired) electrons. The number of ether oxygens (including phenoxy) is 1. The van der Waals surface area contributed by atoms with E-state index in [1.807, 2.05) is 38.5 Å². The predicted molar refractivity (Wildman–Crippen MR) is 117 cm³/mol. The molecule has 3 aromatic heterocycles. The van der Waals surface area contributed by atoms with Crippen LogP contribution in [0.25, 0.3) is 11.4 Å². The van der Waals surface area contributed by atoms with Crippen molar-refractivity contribution in [1.82, 2.24) is 14.8 Å². The Bertz CT molecular complexity index is 1070. The molecule has 1 N–H and O–H groups in total. The minimum Gasteiger partial charge on any atom is -0.469 e. The number of nitrogens with one attached hydrogen (secondary N) is 1. The summed E-state index contributed by atoms with van der Waals surface area (Å²) in [7, 11) is 1.84. The summed E-state index contributed by atoms with van der Waals surface area (Å²) in [4.78, 5) is 26.0. The number of aromatic nitrogens is 3. The number of hydrogen-bond acceptors (Lipinski definition) is 8. The normalized spacial score (nSPS) is 11.0. The van der Waals surface area contributed by atoms with Crippen molar-refractivity contribution in [2.75, 3.05) is 17.7 Å². The third-order valence-electron chi connectivity index (χ3n) is 4.56. The fraction of sp³-hybridized carbons (Fsp3) is 0.400. The highest BCUT2D eigenvalue weighted by atomic mass is 32.2. The molecule has 160 valence electrons. The van der Waals surface area contributed by atoms with E-state index in [-0.39, 0.29) is 18.3 Å². The fourth-order valence-electron chi connectivity index (χ4n) is 3.10. The van der Waals surface area contributed by atoms with Gasteiger partial charge in [0.1, 0.15) is 10.8 Å². The topological polar surface area (TPSA) is 99.2 Å². The average molecular weight is 449 g/mol. The van der Waals surface area contributed by atoms with Gasteiger partial charge in [0.15, 0.2) is 11.0 Å². The van der Waals surface area contributed by atoms with Crippen LogP contribution in [0.5, 0.6) is 0 Å². The van der Waals surface area contributed by atoms with E-state index in [2.05, 4.69) is 15.5 Å². The summed E-state index contributed by atoms with van der Waals surface area (Å²) >= 11 is 2.67. The van der Waals surface area contributed by atoms with Crippen molar-refractivity contribution in [1.29, 1.82) is 0 Å². The molecule has 30 heavy (non-hydrogen) atoms. The highest BCUT2D eigenvalue weighted by molar-refractivity contribution is 7.99. The van der Waals surface area contributed by atoms with Gasteiger partial charge in [0, 0.05) is 11.9 Å². The summed E-state index contributed by atoms with van der Waals surface area (Å²) in [5.41, 5.74) is 2.23. The van der Waals surface area contributed by atoms with Gasteiger partial charge in [-0.3, -0.25) is 4.79 Å². The van der Waals surface area contributed by atoms with Gasteiger partial charge in [0.05, 0.1) is 29.7 Å². The van der Waals surface area contributed by atoms with Crippen molar-refractivity contribution >= 4 is 40.0 Å². The summed E-state index contributed by atoms with van der Waals surface area (Å²) in [6, 6.07) is 1.84. The van der Waals surface area contributed by atoms with Gasteiger partial charge >= 0.3 is 5.97 Å². The zero-order valence-corrected chi connectivity index (χ0v) is 19.2. The van der Waals surface area contributed by atoms with Crippen LogP contribution in [0.15, 0.2) is 21.9 Å². The maximum atomic E-state index is 12.6. The lowest BCUT2D eigenvalue weighted by Crippen LogP contribution is -2.17. The van der Waals surface area contributed by atoms with Gasteiger partial charge in [-0.15, -0.1) is 21.5 Å². The molecule has 0 atom stereocenters. The van der Waals surface area contributed by atoms with Gasteiger partial charge < -0.3 is 19.0 Å². The summed E-state index contributed by atoms with van der Waals surface area (Å²) in [6.07, 6.45) is 2.30.